The van der Waals surface area contributed by atoms with E-state index >= 15 is 0 Å². The first-order valence-electron chi connectivity index (χ1n) is 10.9. The van der Waals surface area contributed by atoms with Crippen molar-refractivity contribution < 1.29 is 19.4 Å². The maximum Gasteiger partial charge on any atom is 0.407 e. The minimum Gasteiger partial charge on any atom is -0.478 e. The van der Waals surface area contributed by atoms with Crippen molar-refractivity contribution in [3.8, 4) is 0 Å². The number of carbonyl (C=O) groups is 2. The van der Waals surface area contributed by atoms with Gasteiger partial charge in [0, 0.05) is 24.5 Å². The van der Waals surface area contributed by atoms with Crippen molar-refractivity contribution in [2.75, 3.05) is 30.3 Å². The lowest BCUT2D eigenvalue weighted by Gasteiger charge is -2.40. The highest BCUT2D eigenvalue weighted by atomic mass is 35.5. The molecule has 3 rings (SSSR count). The first-order valence-corrected chi connectivity index (χ1v) is 12.1. The quantitative estimate of drug-likeness (QED) is 0.509. The fourth-order valence-electron chi connectivity index (χ4n) is 3.52. The summed E-state index contributed by atoms with van der Waals surface area (Å²) in [5, 5.41) is 12.7. The van der Waals surface area contributed by atoms with Crippen molar-refractivity contribution >= 4 is 47.1 Å². The number of carboxylic acid groups (broad SMARTS) is 1. The molecule has 11 heteroatoms. The number of nitrogens with zero attached hydrogens (tertiary/aromatic N) is 3. The number of benzene rings is 1. The predicted molar refractivity (Wildman–Crippen MR) is 133 cm³/mol. The average molecular weight is 508 g/mol. The summed E-state index contributed by atoms with van der Waals surface area (Å²) in [5.41, 5.74) is 5.61. The Morgan fingerprint density at radius 2 is 2.00 bits per heavy atom. The van der Waals surface area contributed by atoms with Crippen LogP contribution in [0.4, 0.5) is 16.4 Å². The molecule has 0 bridgehead atoms. The highest BCUT2D eigenvalue weighted by molar-refractivity contribution is 7.99. The van der Waals surface area contributed by atoms with Gasteiger partial charge in [0.15, 0.2) is 5.82 Å². The van der Waals surface area contributed by atoms with E-state index in [9.17, 15) is 14.7 Å². The molecule has 0 unspecified atom stereocenters. The number of ether oxygens (including phenoxy) is 1. The third-order valence-electron chi connectivity index (χ3n) is 5.50. The third-order valence-corrected chi connectivity index (χ3v) is 7.09. The van der Waals surface area contributed by atoms with Gasteiger partial charge in [0.2, 0.25) is 0 Å². The van der Waals surface area contributed by atoms with E-state index in [1.807, 2.05) is 20.8 Å². The van der Waals surface area contributed by atoms with Gasteiger partial charge in [-0.3, -0.25) is 0 Å². The number of aromatic carboxylic acids is 1. The Hall–Kier alpha value is -2.72. The molecule has 2 aromatic rings. The molecule has 1 amide bonds. The number of amides is 1. The normalized spacial score (nSPS) is 15.6. The van der Waals surface area contributed by atoms with Crippen LogP contribution < -0.4 is 16.0 Å². The topological polar surface area (TPSA) is 131 Å². The summed E-state index contributed by atoms with van der Waals surface area (Å²) in [6.07, 6.45) is 2.98. The van der Waals surface area contributed by atoms with Crippen LogP contribution in [0.3, 0.4) is 0 Å². The molecule has 2 heterocycles. The summed E-state index contributed by atoms with van der Waals surface area (Å²) in [4.78, 5) is 34.9. The molecular weight excluding hydrogens is 478 g/mol. The number of rotatable bonds is 6. The van der Waals surface area contributed by atoms with Crippen LogP contribution in [0, 0.1) is 5.41 Å². The van der Waals surface area contributed by atoms with E-state index in [0.29, 0.717) is 22.3 Å². The zero-order chi connectivity index (χ0) is 25.1. The molecular formula is C23H30ClN5O4S. The van der Waals surface area contributed by atoms with Crippen LogP contribution in [-0.4, -0.2) is 52.4 Å². The first kappa shape index (κ1) is 25.9. The van der Waals surface area contributed by atoms with Crippen LogP contribution in [0.25, 0.3) is 0 Å². The molecule has 0 aliphatic carbocycles. The van der Waals surface area contributed by atoms with Crippen molar-refractivity contribution in [2.24, 2.45) is 5.41 Å². The number of anilines is 2. The smallest absolute Gasteiger partial charge is 0.407 e. The van der Waals surface area contributed by atoms with Gasteiger partial charge in [-0.25, -0.2) is 19.6 Å². The minimum absolute atomic E-state index is 0.0207. The van der Waals surface area contributed by atoms with E-state index in [2.05, 4.69) is 27.1 Å². The second-order valence-electron chi connectivity index (χ2n) is 9.60. The molecule has 1 aliphatic heterocycles. The zero-order valence-electron chi connectivity index (χ0n) is 19.7. The Balaban J connectivity index is 1.60. The number of nitrogens with two attached hydrogens (primary N) is 1. The number of nitrogen functional groups attached to an aromatic ring is 1. The number of hydrogen-bond acceptors (Lipinski definition) is 8. The molecule has 1 aromatic heterocycles. The van der Waals surface area contributed by atoms with E-state index < -0.39 is 17.7 Å². The number of hydrogen-bond donors (Lipinski definition) is 3. The molecule has 1 fully saturated rings. The number of aromatic nitrogens is 2. The third kappa shape index (κ3) is 6.66. The lowest BCUT2D eigenvalue weighted by Crippen LogP contribution is -2.46. The maximum absolute atomic E-state index is 12.0. The van der Waals surface area contributed by atoms with Crippen molar-refractivity contribution in [1.82, 2.24) is 15.3 Å². The predicted octanol–water partition coefficient (Wildman–Crippen LogP) is 4.69. The number of nitrogens with one attached hydrogen (secondary N) is 1. The molecule has 1 aromatic carbocycles. The summed E-state index contributed by atoms with van der Waals surface area (Å²) in [6.45, 7) is 9.70. The summed E-state index contributed by atoms with van der Waals surface area (Å²) in [7, 11) is 0. The van der Waals surface area contributed by atoms with Crippen LogP contribution in [0.2, 0.25) is 5.02 Å². The van der Waals surface area contributed by atoms with Crippen LogP contribution in [0.1, 0.15) is 50.9 Å². The highest BCUT2D eigenvalue weighted by Gasteiger charge is 2.32. The standard InChI is InChI=1S/C23H30ClN5O4S/c1-22(2,3)33-21(32)27-13-23(4)8-10-29(11-9-23)16-12-26-19(18(25)28-16)34-15-7-5-6-14(17(15)24)20(30)31/h5-7,12H,8-11,13H2,1-4H3,(H2,25,28)(H,27,32)(H,30,31). The van der Waals surface area contributed by atoms with Crippen molar-refractivity contribution in [3.05, 3.63) is 35.0 Å². The lowest BCUT2D eigenvalue weighted by molar-refractivity contribution is 0.0495. The number of halogens is 1. The number of alkyl carbamates (subject to hydrolysis) is 1. The van der Waals surface area contributed by atoms with Gasteiger partial charge in [-0.1, -0.05) is 36.4 Å². The fourth-order valence-corrected chi connectivity index (χ4v) is 4.66. The monoisotopic (exact) mass is 507 g/mol. The molecule has 1 saturated heterocycles. The second-order valence-corrected chi connectivity index (χ2v) is 11.0. The summed E-state index contributed by atoms with van der Waals surface area (Å²) in [6, 6.07) is 4.78. The number of carbonyl (C=O) groups excluding carboxylic acids is 1. The summed E-state index contributed by atoms with van der Waals surface area (Å²) >= 11 is 7.41. The molecule has 1 aliphatic rings. The van der Waals surface area contributed by atoms with Gasteiger partial charge >= 0.3 is 12.1 Å². The van der Waals surface area contributed by atoms with Crippen LogP contribution in [0.15, 0.2) is 34.3 Å². The number of carboxylic acids is 1. The molecule has 0 radical (unpaired) electrons. The first-order chi connectivity index (χ1) is 15.9. The largest absolute Gasteiger partial charge is 0.478 e. The molecule has 34 heavy (non-hydrogen) atoms. The van der Waals surface area contributed by atoms with E-state index in [1.54, 1.807) is 18.3 Å². The van der Waals surface area contributed by atoms with Gasteiger partial charge in [-0.15, -0.1) is 0 Å². The van der Waals surface area contributed by atoms with Gasteiger partial charge in [0.05, 0.1) is 16.8 Å². The van der Waals surface area contributed by atoms with E-state index in [4.69, 9.17) is 22.1 Å². The SMILES string of the molecule is CC1(CNC(=O)OC(C)(C)C)CCN(c2cnc(Sc3cccc(C(=O)O)c3Cl)c(N)n2)CC1. The van der Waals surface area contributed by atoms with Gasteiger partial charge in [-0.05, 0) is 51.2 Å². The van der Waals surface area contributed by atoms with Crippen LogP contribution >= 0.6 is 23.4 Å². The maximum atomic E-state index is 12.0. The summed E-state index contributed by atoms with van der Waals surface area (Å²) < 4.78 is 5.32. The Kier molecular flexibility index (Phi) is 7.82. The van der Waals surface area contributed by atoms with Gasteiger partial charge < -0.3 is 25.8 Å². The Bertz CT molecular complexity index is 1070. The fraction of sp³-hybridized carbons (Fsp3) is 0.478. The van der Waals surface area contributed by atoms with E-state index in [0.717, 1.165) is 25.9 Å². The van der Waals surface area contributed by atoms with Crippen LogP contribution in [0.5, 0.6) is 0 Å². The molecule has 4 N–H and O–H groups in total. The highest BCUT2D eigenvalue weighted by Crippen LogP contribution is 2.37. The van der Waals surface area contributed by atoms with Gasteiger partial charge in [0.1, 0.15) is 16.4 Å². The minimum atomic E-state index is -1.10. The Labute approximate surface area is 208 Å². The van der Waals surface area contributed by atoms with E-state index in [-0.39, 0.29) is 21.8 Å². The lowest BCUT2D eigenvalue weighted by atomic mass is 9.80. The second kappa shape index (κ2) is 10.3. The molecule has 0 atom stereocenters. The molecule has 9 nitrogen and oxygen atoms in total. The van der Waals surface area contributed by atoms with E-state index in [1.165, 1.54) is 17.8 Å². The van der Waals surface area contributed by atoms with Crippen molar-refractivity contribution in [2.45, 2.75) is 56.1 Å². The van der Waals surface area contributed by atoms with Gasteiger partial charge in [-0.2, -0.15) is 0 Å². The Morgan fingerprint density at radius 3 is 2.59 bits per heavy atom. The van der Waals surface area contributed by atoms with Crippen LogP contribution in [-0.2, 0) is 4.74 Å². The molecule has 0 spiro atoms. The van der Waals surface area contributed by atoms with Crippen molar-refractivity contribution in [1.29, 1.82) is 0 Å². The average Bonchev–Trinajstić information content (AvgIpc) is 2.74. The van der Waals surface area contributed by atoms with Crippen molar-refractivity contribution in [3.63, 3.8) is 0 Å². The zero-order valence-corrected chi connectivity index (χ0v) is 21.3. The summed E-state index contributed by atoms with van der Waals surface area (Å²) in [5.74, 6) is -0.172. The molecule has 0 saturated carbocycles. The Morgan fingerprint density at radius 1 is 1.32 bits per heavy atom. The number of piperidine rings is 1. The molecule has 184 valence electrons. The van der Waals surface area contributed by atoms with Gasteiger partial charge in [0.25, 0.3) is 0 Å².